The van der Waals surface area contributed by atoms with Gasteiger partial charge >= 0.3 is 0 Å². The van der Waals surface area contributed by atoms with Crippen molar-refractivity contribution < 1.29 is 0 Å². The van der Waals surface area contributed by atoms with Crippen molar-refractivity contribution in [3.05, 3.63) is 75.4 Å². The second-order valence-electron chi connectivity index (χ2n) is 6.15. The Bertz CT molecular complexity index is 893. The molecule has 3 rings (SSSR count). The largest absolute Gasteiger partial charge is 0.366 e. The van der Waals surface area contributed by atoms with E-state index in [-0.39, 0.29) is 0 Å². The van der Waals surface area contributed by atoms with Crippen LogP contribution in [0.1, 0.15) is 22.4 Å². The molecule has 5 heteroatoms. The van der Waals surface area contributed by atoms with Crippen molar-refractivity contribution in [3.8, 4) is 0 Å². The fourth-order valence-electron chi connectivity index (χ4n) is 2.62. The number of nitrogens with zero attached hydrogens (tertiary/aromatic N) is 2. The van der Waals surface area contributed by atoms with Crippen molar-refractivity contribution in [1.29, 1.82) is 0 Å². The van der Waals surface area contributed by atoms with E-state index < -0.39 is 0 Å². The maximum absolute atomic E-state index is 4.58. The molecule has 0 spiro atoms. The first-order valence-corrected chi connectivity index (χ1v) is 8.97. The van der Waals surface area contributed by atoms with E-state index in [1.807, 2.05) is 25.1 Å². The standard InChI is InChI=1S/C20H21BrN4/c1-13-5-4-6-16(9-13)12-22-19-11-15(3)23-20(25-19)24-18-8-7-17(21)10-14(18)2/h4-11H,12H2,1-3H3,(H2,22,23,24,25). The van der Waals surface area contributed by atoms with E-state index in [2.05, 4.69) is 80.7 Å². The van der Waals surface area contributed by atoms with Crippen LogP contribution in [-0.4, -0.2) is 9.97 Å². The smallest absolute Gasteiger partial charge is 0.229 e. The summed E-state index contributed by atoms with van der Waals surface area (Å²) in [5.74, 6) is 1.41. The Morgan fingerprint density at radius 2 is 1.80 bits per heavy atom. The molecule has 2 N–H and O–H groups in total. The minimum Gasteiger partial charge on any atom is -0.366 e. The summed E-state index contributed by atoms with van der Waals surface area (Å²) in [4.78, 5) is 9.07. The van der Waals surface area contributed by atoms with Crippen LogP contribution in [0.15, 0.2) is 53.0 Å². The van der Waals surface area contributed by atoms with E-state index in [1.165, 1.54) is 11.1 Å². The van der Waals surface area contributed by atoms with Crippen molar-refractivity contribution in [1.82, 2.24) is 9.97 Å². The van der Waals surface area contributed by atoms with E-state index in [9.17, 15) is 0 Å². The van der Waals surface area contributed by atoms with Gasteiger partial charge in [-0.1, -0.05) is 45.8 Å². The zero-order valence-corrected chi connectivity index (χ0v) is 16.2. The van der Waals surface area contributed by atoms with Crippen molar-refractivity contribution >= 4 is 33.4 Å². The summed E-state index contributed by atoms with van der Waals surface area (Å²) in [5, 5.41) is 6.69. The number of nitrogens with one attached hydrogen (secondary N) is 2. The molecule has 0 amide bonds. The van der Waals surface area contributed by atoms with E-state index in [0.29, 0.717) is 5.95 Å². The molecule has 0 aliphatic carbocycles. The van der Waals surface area contributed by atoms with Gasteiger partial charge in [0.05, 0.1) is 0 Å². The number of hydrogen-bond acceptors (Lipinski definition) is 4. The lowest BCUT2D eigenvalue weighted by Crippen LogP contribution is -2.06. The van der Waals surface area contributed by atoms with Crippen LogP contribution in [-0.2, 0) is 6.54 Å². The fraction of sp³-hybridized carbons (Fsp3) is 0.200. The summed E-state index contributed by atoms with van der Waals surface area (Å²) < 4.78 is 1.06. The number of aromatic nitrogens is 2. The number of benzene rings is 2. The van der Waals surface area contributed by atoms with Gasteiger partial charge in [0.25, 0.3) is 0 Å². The molecule has 1 heterocycles. The normalized spacial score (nSPS) is 10.6. The van der Waals surface area contributed by atoms with Gasteiger partial charge in [0, 0.05) is 28.5 Å². The van der Waals surface area contributed by atoms with Crippen molar-refractivity contribution in [2.75, 3.05) is 10.6 Å². The summed E-state index contributed by atoms with van der Waals surface area (Å²) in [7, 11) is 0. The first-order chi connectivity index (χ1) is 12.0. The van der Waals surface area contributed by atoms with Gasteiger partial charge in [0.2, 0.25) is 5.95 Å². The third-order valence-electron chi connectivity index (χ3n) is 3.85. The second-order valence-corrected chi connectivity index (χ2v) is 7.06. The first-order valence-electron chi connectivity index (χ1n) is 8.18. The highest BCUT2D eigenvalue weighted by Gasteiger charge is 2.05. The lowest BCUT2D eigenvalue weighted by molar-refractivity contribution is 1.06. The Morgan fingerprint density at radius 1 is 0.960 bits per heavy atom. The summed E-state index contributed by atoms with van der Waals surface area (Å²) in [6.45, 7) is 6.86. The minimum atomic E-state index is 0.595. The summed E-state index contributed by atoms with van der Waals surface area (Å²) in [5.41, 5.74) is 5.53. The maximum Gasteiger partial charge on any atom is 0.229 e. The Labute approximate surface area is 156 Å². The third kappa shape index (κ3) is 4.79. The topological polar surface area (TPSA) is 49.8 Å². The van der Waals surface area contributed by atoms with Crippen LogP contribution in [0.3, 0.4) is 0 Å². The molecule has 128 valence electrons. The molecule has 0 unspecified atom stereocenters. The quantitative estimate of drug-likeness (QED) is 0.595. The summed E-state index contributed by atoms with van der Waals surface area (Å²) in [6, 6.07) is 16.5. The highest BCUT2D eigenvalue weighted by molar-refractivity contribution is 9.10. The van der Waals surface area contributed by atoms with Crippen LogP contribution in [0.5, 0.6) is 0 Å². The van der Waals surface area contributed by atoms with Crippen LogP contribution in [0.4, 0.5) is 17.5 Å². The third-order valence-corrected chi connectivity index (χ3v) is 4.34. The Morgan fingerprint density at radius 3 is 2.56 bits per heavy atom. The van der Waals surface area contributed by atoms with E-state index in [4.69, 9.17) is 0 Å². The van der Waals surface area contributed by atoms with Crippen molar-refractivity contribution in [2.45, 2.75) is 27.3 Å². The number of hydrogen-bond donors (Lipinski definition) is 2. The molecule has 0 fully saturated rings. The van der Waals surface area contributed by atoms with Gasteiger partial charge in [-0.2, -0.15) is 4.98 Å². The van der Waals surface area contributed by atoms with Crippen LogP contribution >= 0.6 is 15.9 Å². The van der Waals surface area contributed by atoms with E-state index in [1.54, 1.807) is 0 Å². The lowest BCUT2D eigenvalue weighted by Gasteiger charge is -2.12. The van der Waals surface area contributed by atoms with Gasteiger partial charge in [-0.25, -0.2) is 4.98 Å². The van der Waals surface area contributed by atoms with E-state index >= 15 is 0 Å². The molecule has 0 aliphatic heterocycles. The molecule has 0 bridgehead atoms. The monoisotopic (exact) mass is 396 g/mol. The minimum absolute atomic E-state index is 0.595. The Kier molecular flexibility index (Phi) is 5.34. The number of halogens is 1. The zero-order valence-electron chi connectivity index (χ0n) is 14.6. The molecule has 0 saturated heterocycles. The number of rotatable bonds is 5. The van der Waals surface area contributed by atoms with E-state index in [0.717, 1.165) is 33.8 Å². The molecule has 4 nitrogen and oxygen atoms in total. The van der Waals surface area contributed by atoms with Gasteiger partial charge in [-0.05, 0) is 50.1 Å². The van der Waals surface area contributed by atoms with Crippen LogP contribution in [0, 0.1) is 20.8 Å². The lowest BCUT2D eigenvalue weighted by atomic mass is 10.1. The average Bonchev–Trinajstić information content (AvgIpc) is 2.55. The molecule has 0 saturated carbocycles. The van der Waals surface area contributed by atoms with Gasteiger partial charge in [-0.15, -0.1) is 0 Å². The molecule has 0 atom stereocenters. The second kappa shape index (κ2) is 7.66. The molecule has 0 radical (unpaired) electrons. The predicted molar refractivity (Wildman–Crippen MR) is 107 cm³/mol. The van der Waals surface area contributed by atoms with Gasteiger partial charge in [0.15, 0.2) is 0 Å². The highest BCUT2D eigenvalue weighted by atomic mass is 79.9. The first kappa shape index (κ1) is 17.4. The zero-order chi connectivity index (χ0) is 17.8. The predicted octanol–water partition coefficient (Wildman–Crippen LogP) is 5.52. The molecule has 25 heavy (non-hydrogen) atoms. The van der Waals surface area contributed by atoms with Crippen molar-refractivity contribution in [3.63, 3.8) is 0 Å². The fourth-order valence-corrected chi connectivity index (χ4v) is 3.09. The summed E-state index contributed by atoms with van der Waals surface area (Å²) >= 11 is 3.48. The Balaban J connectivity index is 1.76. The van der Waals surface area contributed by atoms with Crippen LogP contribution in [0.25, 0.3) is 0 Å². The van der Waals surface area contributed by atoms with Crippen LogP contribution < -0.4 is 10.6 Å². The van der Waals surface area contributed by atoms with Gasteiger partial charge in [-0.3, -0.25) is 0 Å². The molecule has 3 aromatic rings. The Hall–Kier alpha value is -2.40. The molecule has 0 aliphatic rings. The highest BCUT2D eigenvalue weighted by Crippen LogP contribution is 2.23. The summed E-state index contributed by atoms with van der Waals surface area (Å²) in [6.07, 6.45) is 0. The van der Waals surface area contributed by atoms with Gasteiger partial charge in [0.1, 0.15) is 5.82 Å². The van der Waals surface area contributed by atoms with Crippen LogP contribution in [0.2, 0.25) is 0 Å². The molecule has 2 aromatic carbocycles. The maximum atomic E-state index is 4.58. The van der Waals surface area contributed by atoms with Gasteiger partial charge < -0.3 is 10.6 Å². The number of aryl methyl sites for hydroxylation is 3. The average molecular weight is 397 g/mol. The molecule has 1 aromatic heterocycles. The molecular formula is C20H21BrN4. The number of anilines is 3. The van der Waals surface area contributed by atoms with Crippen molar-refractivity contribution in [2.24, 2.45) is 0 Å². The molecular weight excluding hydrogens is 376 g/mol. The SMILES string of the molecule is Cc1cccc(CNc2cc(C)nc(Nc3ccc(Br)cc3C)n2)c1.